The second kappa shape index (κ2) is 8.14. The maximum absolute atomic E-state index is 11.9. The lowest BCUT2D eigenvalue weighted by molar-refractivity contribution is -0.120. The number of hydrogen-bond donors (Lipinski definition) is 2. The van der Waals surface area contributed by atoms with Crippen molar-refractivity contribution in [3.63, 3.8) is 0 Å². The molecule has 0 unspecified atom stereocenters. The third kappa shape index (κ3) is 4.86. The van der Waals surface area contributed by atoms with E-state index >= 15 is 0 Å². The quantitative estimate of drug-likeness (QED) is 0.821. The zero-order valence-corrected chi connectivity index (χ0v) is 12.9. The van der Waals surface area contributed by atoms with Gasteiger partial charge in [-0.05, 0) is 36.2 Å². The van der Waals surface area contributed by atoms with E-state index in [4.69, 9.17) is 4.74 Å². The molecule has 0 saturated carbocycles. The van der Waals surface area contributed by atoms with Crippen molar-refractivity contribution in [3.8, 4) is 5.75 Å². The van der Waals surface area contributed by atoms with Gasteiger partial charge in [-0.15, -0.1) is 0 Å². The number of amides is 1. The second-order valence-corrected chi connectivity index (χ2v) is 5.01. The second-order valence-electron chi connectivity index (χ2n) is 5.01. The van der Waals surface area contributed by atoms with Gasteiger partial charge in [-0.25, -0.2) is 0 Å². The van der Waals surface area contributed by atoms with E-state index in [0.29, 0.717) is 6.54 Å². The fourth-order valence-electron chi connectivity index (χ4n) is 2.00. The number of rotatable bonds is 7. The Balaban J connectivity index is 1.73. The van der Waals surface area contributed by atoms with E-state index in [1.54, 1.807) is 19.5 Å². The fraction of sp³-hybridized carbons (Fsp3) is 0.294. The molecular weight excluding hydrogens is 278 g/mol. The summed E-state index contributed by atoms with van der Waals surface area (Å²) in [7, 11) is 1.63. The van der Waals surface area contributed by atoms with Crippen molar-refractivity contribution in [2.45, 2.75) is 19.5 Å². The van der Waals surface area contributed by atoms with Crippen molar-refractivity contribution >= 4 is 5.91 Å². The molecule has 0 bridgehead atoms. The minimum absolute atomic E-state index is 0.0356. The standard InChI is InChI=1S/C17H21N3O2/c1-13(15-4-3-9-18-11-15)19-12-17(21)20-10-14-5-7-16(22-2)8-6-14/h3-9,11,13,19H,10,12H2,1-2H3,(H,20,21)/t13-/m1/s1. The Morgan fingerprint density at radius 3 is 2.68 bits per heavy atom. The number of nitrogens with zero attached hydrogens (tertiary/aromatic N) is 1. The van der Waals surface area contributed by atoms with E-state index in [9.17, 15) is 4.79 Å². The van der Waals surface area contributed by atoms with Crippen molar-refractivity contribution in [1.29, 1.82) is 0 Å². The topological polar surface area (TPSA) is 63.2 Å². The molecule has 1 amide bonds. The van der Waals surface area contributed by atoms with E-state index in [0.717, 1.165) is 16.9 Å². The highest BCUT2D eigenvalue weighted by atomic mass is 16.5. The van der Waals surface area contributed by atoms with E-state index in [2.05, 4.69) is 15.6 Å². The summed E-state index contributed by atoms with van der Waals surface area (Å²) < 4.78 is 5.10. The Labute approximate surface area is 130 Å². The van der Waals surface area contributed by atoms with Crippen LogP contribution < -0.4 is 15.4 Å². The van der Waals surface area contributed by atoms with Crippen LogP contribution in [-0.2, 0) is 11.3 Å². The van der Waals surface area contributed by atoms with Crippen molar-refractivity contribution in [2.24, 2.45) is 0 Å². The van der Waals surface area contributed by atoms with Crippen LogP contribution in [0.15, 0.2) is 48.8 Å². The fourth-order valence-corrected chi connectivity index (χ4v) is 2.00. The zero-order valence-electron chi connectivity index (χ0n) is 12.9. The largest absolute Gasteiger partial charge is 0.497 e. The van der Waals surface area contributed by atoms with Gasteiger partial charge in [-0.3, -0.25) is 9.78 Å². The summed E-state index contributed by atoms with van der Waals surface area (Å²) in [4.78, 5) is 15.9. The van der Waals surface area contributed by atoms with E-state index in [-0.39, 0.29) is 18.5 Å². The summed E-state index contributed by atoms with van der Waals surface area (Å²) in [6.07, 6.45) is 3.53. The normalized spacial score (nSPS) is 11.7. The van der Waals surface area contributed by atoms with E-state index < -0.39 is 0 Å². The van der Waals surface area contributed by atoms with Crippen LogP contribution in [-0.4, -0.2) is 24.5 Å². The van der Waals surface area contributed by atoms with E-state index in [1.807, 2.05) is 43.3 Å². The minimum Gasteiger partial charge on any atom is -0.497 e. The Kier molecular flexibility index (Phi) is 5.91. The molecule has 5 nitrogen and oxygen atoms in total. The van der Waals surface area contributed by atoms with Crippen LogP contribution in [0, 0.1) is 0 Å². The molecule has 0 aliphatic heterocycles. The summed E-state index contributed by atoms with van der Waals surface area (Å²) in [5.41, 5.74) is 2.10. The Morgan fingerprint density at radius 1 is 1.27 bits per heavy atom. The summed E-state index contributed by atoms with van der Waals surface area (Å²) in [6.45, 7) is 2.78. The van der Waals surface area contributed by atoms with Crippen LogP contribution in [0.5, 0.6) is 5.75 Å². The first kappa shape index (κ1) is 16.0. The summed E-state index contributed by atoms with van der Waals surface area (Å²) in [5.74, 6) is 0.772. The molecule has 0 fully saturated rings. The lowest BCUT2D eigenvalue weighted by atomic mass is 10.1. The Hall–Kier alpha value is -2.40. The number of carbonyl (C=O) groups excluding carboxylic acids is 1. The highest BCUT2D eigenvalue weighted by molar-refractivity contribution is 5.78. The minimum atomic E-state index is -0.0356. The first-order chi connectivity index (χ1) is 10.7. The average molecular weight is 299 g/mol. The number of hydrogen-bond acceptors (Lipinski definition) is 4. The molecule has 0 spiro atoms. The summed E-state index contributed by atoms with van der Waals surface area (Å²) >= 11 is 0. The Morgan fingerprint density at radius 2 is 2.05 bits per heavy atom. The number of carbonyl (C=O) groups is 1. The number of nitrogens with one attached hydrogen (secondary N) is 2. The predicted octanol–water partition coefficient (Wildman–Crippen LogP) is 2.06. The highest BCUT2D eigenvalue weighted by Crippen LogP contribution is 2.11. The molecule has 22 heavy (non-hydrogen) atoms. The van der Waals surface area contributed by atoms with Gasteiger partial charge in [0.1, 0.15) is 5.75 Å². The molecule has 5 heteroatoms. The first-order valence-electron chi connectivity index (χ1n) is 7.22. The molecule has 0 saturated heterocycles. The van der Waals surface area contributed by atoms with Crippen LogP contribution in [0.25, 0.3) is 0 Å². The van der Waals surface area contributed by atoms with Crippen LogP contribution in [0.2, 0.25) is 0 Å². The number of aromatic nitrogens is 1. The SMILES string of the molecule is COc1ccc(CNC(=O)CN[C@H](C)c2cccnc2)cc1. The molecule has 0 radical (unpaired) electrons. The van der Waals surface area contributed by atoms with Gasteiger partial charge in [0, 0.05) is 25.0 Å². The molecule has 2 N–H and O–H groups in total. The molecule has 1 heterocycles. The number of pyridine rings is 1. The van der Waals surface area contributed by atoms with Gasteiger partial charge in [-0.1, -0.05) is 18.2 Å². The lowest BCUT2D eigenvalue weighted by Crippen LogP contribution is -2.34. The smallest absolute Gasteiger partial charge is 0.234 e. The molecule has 0 aliphatic carbocycles. The third-order valence-electron chi connectivity index (χ3n) is 3.40. The maximum atomic E-state index is 11.9. The summed E-state index contributed by atoms with van der Waals surface area (Å²) in [5, 5.41) is 6.07. The van der Waals surface area contributed by atoms with Crippen LogP contribution >= 0.6 is 0 Å². The van der Waals surface area contributed by atoms with Crippen LogP contribution in [0.3, 0.4) is 0 Å². The molecule has 0 aliphatic rings. The molecule has 116 valence electrons. The van der Waals surface area contributed by atoms with Gasteiger partial charge in [-0.2, -0.15) is 0 Å². The van der Waals surface area contributed by atoms with Crippen molar-refractivity contribution < 1.29 is 9.53 Å². The number of benzene rings is 1. The molecule has 1 aromatic heterocycles. The van der Waals surface area contributed by atoms with Gasteiger partial charge in [0.2, 0.25) is 5.91 Å². The number of ether oxygens (including phenoxy) is 1. The number of methoxy groups -OCH3 is 1. The summed E-state index contributed by atoms with van der Waals surface area (Å²) in [6, 6.07) is 11.6. The Bertz CT molecular complexity index is 585. The van der Waals surface area contributed by atoms with Gasteiger partial charge < -0.3 is 15.4 Å². The highest BCUT2D eigenvalue weighted by Gasteiger charge is 2.07. The van der Waals surface area contributed by atoms with E-state index in [1.165, 1.54) is 0 Å². The van der Waals surface area contributed by atoms with Gasteiger partial charge in [0.15, 0.2) is 0 Å². The zero-order chi connectivity index (χ0) is 15.8. The average Bonchev–Trinajstić information content (AvgIpc) is 2.59. The van der Waals surface area contributed by atoms with Gasteiger partial charge >= 0.3 is 0 Å². The predicted molar refractivity (Wildman–Crippen MR) is 85.5 cm³/mol. The molecule has 1 aromatic carbocycles. The lowest BCUT2D eigenvalue weighted by Gasteiger charge is -2.13. The molecule has 2 rings (SSSR count). The van der Waals surface area contributed by atoms with Crippen LogP contribution in [0.1, 0.15) is 24.1 Å². The van der Waals surface area contributed by atoms with Gasteiger partial charge in [0.25, 0.3) is 0 Å². The molecule has 1 atom stereocenters. The van der Waals surface area contributed by atoms with Crippen LogP contribution in [0.4, 0.5) is 0 Å². The monoisotopic (exact) mass is 299 g/mol. The van der Waals surface area contributed by atoms with Crippen molar-refractivity contribution in [1.82, 2.24) is 15.6 Å². The first-order valence-corrected chi connectivity index (χ1v) is 7.22. The van der Waals surface area contributed by atoms with Gasteiger partial charge in [0.05, 0.1) is 13.7 Å². The third-order valence-corrected chi connectivity index (χ3v) is 3.40. The van der Waals surface area contributed by atoms with Crippen molar-refractivity contribution in [3.05, 3.63) is 59.9 Å². The maximum Gasteiger partial charge on any atom is 0.234 e. The molecule has 2 aromatic rings. The van der Waals surface area contributed by atoms with Crippen molar-refractivity contribution in [2.75, 3.05) is 13.7 Å². The molecular formula is C17H21N3O2.